The number of nitrogens with zero attached hydrogens (tertiary/aromatic N) is 1. The molecule has 0 aliphatic carbocycles. The van der Waals surface area contributed by atoms with Gasteiger partial charge in [-0.2, -0.15) is 4.31 Å². The van der Waals surface area contributed by atoms with Gasteiger partial charge in [0.1, 0.15) is 0 Å². The van der Waals surface area contributed by atoms with E-state index in [9.17, 15) is 13.2 Å². The number of hydrogen-bond acceptors (Lipinski definition) is 5. The Balaban J connectivity index is 0.00000264. The number of carbonyl (C=O) groups excluding carboxylic acids is 1. The second kappa shape index (κ2) is 7.17. The van der Waals surface area contributed by atoms with Crippen molar-refractivity contribution in [2.75, 3.05) is 20.2 Å². The van der Waals surface area contributed by atoms with E-state index < -0.39 is 16.0 Å². The van der Waals surface area contributed by atoms with Gasteiger partial charge < -0.3 is 10.5 Å². The first-order valence-electron chi connectivity index (χ1n) is 7.12. The number of piperidine rings is 1. The third-order valence-electron chi connectivity index (χ3n) is 4.19. The van der Waals surface area contributed by atoms with Crippen LogP contribution in [-0.2, 0) is 14.8 Å². The van der Waals surface area contributed by atoms with Gasteiger partial charge in [0.25, 0.3) is 0 Å². The van der Waals surface area contributed by atoms with Crippen molar-refractivity contribution < 1.29 is 17.9 Å². The molecule has 0 amide bonds. The van der Waals surface area contributed by atoms with Crippen molar-refractivity contribution >= 4 is 28.4 Å². The highest BCUT2D eigenvalue weighted by Crippen LogP contribution is 2.31. The molecule has 2 N–H and O–H groups in total. The third-order valence-corrected chi connectivity index (χ3v) is 6.05. The van der Waals surface area contributed by atoms with E-state index in [1.54, 1.807) is 0 Å². The molecule has 1 aliphatic heterocycles. The van der Waals surface area contributed by atoms with Gasteiger partial charge in [0.2, 0.25) is 10.0 Å². The lowest BCUT2D eigenvalue weighted by atomic mass is 9.81. The largest absolute Gasteiger partial charge is 0.465 e. The van der Waals surface area contributed by atoms with Crippen LogP contribution in [0.1, 0.15) is 30.6 Å². The average Bonchev–Trinajstić information content (AvgIpc) is 2.49. The molecule has 0 spiro atoms. The molecule has 0 bridgehead atoms. The number of carbonyl (C=O) groups is 1. The lowest BCUT2D eigenvalue weighted by molar-refractivity contribution is 0.0600. The van der Waals surface area contributed by atoms with Gasteiger partial charge in [0.05, 0.1) is 17.6 Å². The van der Waals surface area contributed by atoms with Crippen LogP contribution in [0.3, 0.4) is 0 Å². The second-order valence-corrected chi connectivity index (χ2v) is 8.18. The molecular formula is C15H23ClN2O4S. The fraction of sp³-hybridized carbons (Fsp3) is 0.533. The molecule has 0 radical (unpaired) electrons. The van der Waals surface area contributed by atoms with E-state index in [1.807, 2.05) is 13.8 Å². The molecule has 1 saturated heterocycles. The fourth-order valence-corrected chi connectivity index (χ4v) is 4.19. The van der Waals surface area contributed by atoms with Crippen LogP contribution in [0.4, 0.5) is 0 Å². The number of halogens is 1. The first kappa shape index (κ1) is 19.9. The summed E-state index contributed by atoms with van der Waals surface area (Å²) < 4.78 is 31.5. The maximum absolute atomic E-state index is 12.7. The predicted octanol–water partition coefficient (Wildman–Crippen LogP) is 1.64. The van der Waals surface area contributed by atoms with Gasteiger partial charge in [0, 0.05) is 19.1 Å². The first-order valence-corrected chi connectivity index (χ1v) is 8.56. The molecular weight excluding hydrogens is 340 g/mol. The Morgan fingerprint density at radius 2 is 1.87 bits per heavy atom. The Hall–Kier alpha value is -1.15. The standard InChI is InChI=1S/C15H22N2O4S.ClH/c1-15(2)10-17(9-8-13(15)16)22(19,20)12-6-4-11(5-7-12)14(18)21-3;/h4-7,13H,8-10,16H2,1-3H3;1H. The molecule has 1 unspecified atom stereocenters. The first-order chi connectivity index (χ1) is 10.2. The topological polar surface area (TPSA) is 89.7 Å². The van der Waals surface area contributed by atoms with Crippen molar-refractivity contribution in [1.82, 2.24) is 4.31 Å². The molecule has 130 valence electrons. The predicted molar refractivity (Wildman–Crippen MR) is 90.2 cm³/mol. The number of hydrogen-bond donors (Lipinski definition) is 1. The highest BCUT2D eigenvalue weighted by Gasteiger charge is 2.38. The molecule has 6 nitrogen and oxygen atoms in total. The number of nitrogens with two attached hydrogens (primary N) is 1. The van der Waals surface area contributed by atoms with Gasteiger partial charge in [0.15, 0.2) is 0 Å². The molecule has 0 saturated carbocycles. The Kier molecular flexibility index (Phi) is 6.20. The summed E-state index contributed by atoms with van der Waals surface area (Å²) in [5.74, 6) is -0.492. The second-order valence-electron chi connectivity index (χ2n) is 6.24. The van der Waals surface area contributed by atoms with Gasteiger partial charge in [-0.25, -0.2) is 13.2 Å². The minimum absolute atomic E-state index is 0. The normalized spacial score (nSPS) is 21.3. The van der Waals surface area contributed by atoms with E-state index in [-0.39, 0.29) is 28.8 Å². The smallest absolute Gasteiger partial charge is 0.337 e. The summed E-state index contributed by atoms with van der Waals surface area (Å²) in [7, 11) is -2.30. The molecule has 0 aromatic heterocycles. The summed E-state index contributed by atoms with van der Waals surface area (Å²) in [6.07, 6.45) is 0.631. The van der Waals surface area contributed by atoms with Crippen LogP contribution in [0.25, 0.3) is 0 Å². The zero-order valence-electron chi connectivity index (χ0n) is 13.5. The number of sulfonamides is 1. The Bertz CT molecular complexity index is 659. The maximum atomic E-state index is 12.7. The van der Waals surface area contributed by atoms with Crippen LogP contribution in [0, 0.1) is 5.41 Å². The summed E-state index contributed by atoms with van der Waals surface area (Å²) in [5.41, 5.74) is 6.11. The van der Waals surface area contributed by atoms with Crippen LogP contribution < -0.4 is 5.73 Å². The van der Waals surface area contributed by atoms with E-state index in [1.165, 1.54) is 35.7 Å². The van der Waals surface area contributed by atoms with E-state index in [2.05, 4.69) is 4.74 Å². The highest BCUT2D eigenvalue weighted by atomic mass is 35.5. The van der Waals surface area contributed by atoms with Crippen molar-refractivity contribution in [3.05, 3.63) is 29.8 Å². The summed E-state index contributed by atoms with van der Waals surface area (Å²) in [4.78, 5) is 11.6. The van der Waals surface area contributed by atoms with Crippen molar-refractivity contribution in [2.45, 2.75) is 31.2 Å². The quantitative estimate of drug-likeness (QED) is 0.825. The highest BCUT2D eigenvalue weighted by molar-refractivity contribution is 7.89. The van der Waals surface area contributed by atoms with Crippen molar-refractivity contribution in [3.8, 4) is 0 Å². The van der Waals surface area contributed by atoms with Crippen molar-refractivity contribution in [2.24, 2.45) is 11.1 Å². The molecule has 23 heavy (non-hydrogen) atoms. The van der Waals surface area contributed by atoms with Crippen LogP contribution in [0.15, 0.2) is 29.2 Å². The monoisotopic (exact) mass is 362 g/mol. The Labute approximate surface area is 143 Å². The Morgan fingerprint density at radius 1 is 1.30 bits per heavy atom. The van der Waals surface area contributed by atoms with E-state index in [0.717, 1.165) is 0 Å². The molecule has 8 heteroatoms. The fourth-order valence-electron chi connectivity index (χ4n) is 2.56. The molecule has 1 aliphatic rings. The minimum atomic E-state index is -3.58. The third kappa shape index (κ3) is 4.03. The zero-order chi connectivity index (χ0) is 16.5. The maximum Gasteiger partial charge on any atom is 0.337 e. The summed E-state index contributed by atoms with van der Waals surface area (Å²) in [5, 5.41) is 0. The number of esters is 1. The molecule has 1 aromatic rings. The zero-order valence-corrected chi connectivity index (χ0v) is 15.1. The molecule has 1 heterocycles. The summed E-state index contributed by atoms with van der Waals surface area (Å²) in [6.45, 7) is 4.74. The van der Waals surface area contributed by atoms with E-state index in [0.29, 0.717) is 25.1 Å². The SMILES string of the molecule is COC(=O)c1ccc(S(=O)(=O)N2CCC(N)C(C)(C)C2)cc1.Cl. The van der Waals surface area contributed by atoms with Crippen LogP contribution in [0.2, 0.25) is 0 Å². The number of methoxy groups -OCH3 is 1. The van der Waals surface area contributed by atoms with Crippen LogP contribution >= 0.6 is 12.4 Å². The van der Waals surface area contributed by atoms with Crippen molar-refractivity contribution in [1.29, 1.82) is 0 Å². The van der Waals surface area contributed by atoms with Gasteiger partial charge >= 0.3 is 5.97 Å². The number of benzene rings is 1. The van der Waals surface area contributed by atoms with E-state index >= 15 is 0 Å². The lowest BCUT2D eigenvalue weighted by Gasteiger charge is -2.41. The Morgan fingerprint density at radius 3 is 2.35 bits per heavy atom. The van der Waals surface area contributed by atoms with Gasteiger partial charge in [-0.3, -0.25) is 0 Å². The van der Waals surface area contributed by atoms with E-state index in [4.69, 9.17) is 5.73 Å². The number of rotatable bonds is 3. The average molecular weight is 363 g/mol. The molecule has 1 aromatic carbocycles. The molecule has 1 fully saturated rings. The number of ether oxygens (including phenoxy) is 1. The van der Waals surface area contributed by atoms with Crippen LogP contribution in [-0.4, -0.2) is 44.9 Å². The molecule has 1 atom stereocenters. The summed E-state index contributed by atoms with van der Waals surface area (Å²) >= 11 is 0. The minimum Gasteiger partial charge on any atom is -0.465 e. The van der Waals surface area contributed by atoms with Crippen molar-refractivity contribution in [3.63, 3.8) is 0 Å². The molecule has 2 rings (SSSR count). The lowest BCUT2D eigenvalue weighted by Crippen LogP contribution is -2.53. The van der Waals surface area contributed by atoms with Crippen LogP contribution in [0.5, 0.6) is 0 Å². The van der Waals surface area contributed by atoms with Gasteiger partial charge in [-0.05, 0) is 36.1 Å². The van der Waals surface area contributed by atoms with Gasteiger partial charge in [-0.1, -0.05) is 13.8 Å². The summed E-state index contributed by atoms with van der Waals surface area (Å²) in [6, 6.07) is 5.77. The van der Waals surface area contributed by atoms with Gasteiger partial charge in [-0.15, -0.1) is 12.4 Å².